The minimum atomic E-state index is 0.865. The Morgan fingerprint density at radius 3 is 3.06 bits per heavy atom. The van der Waals surface area contributed by atoms with Crippen LogP contribution in [-0.2, 0) is 13.6 Å². The first kappa shape index (κ1) is 13.1. The summed E-state index contributed by atoms with van der Waals surface area (Å²) in [6.45, 7) is 4.07. The zero-order valence-corrected chi connectivity index (χ0v) is 11.6. The lowest BCUT2D eigenvalue weighted by atomic mass is 10.3. The van der Waals surface area contributed by atoms with Crippen molar-refractivity contribution in [1.29, 1.82) is 0 Å². The second-order valence-electron chi connectivity index (χ2n) is 4.10. The Bertz CT molecular complexity index is 495. The molecule has 2 heterocycles. The Morgan fingerprint density at radius 2 is 2.33 bits per heavy atom. The maximum absolute atomic E-state index is 4.45. The van der Waals surface area contributed by atoms with Crippen LogP contribution in [0, 0.1) is 0 Å². The van der Waals surface area contributed by atoms with Crippen LogP contribution in [-0.4, -0.2) is 21.3 Å². The molecule has 2 aromatic heterocycles. The first-order chi connectivity index (χ1) is 8.79. The fraction of sp³-hybridized carbons (Fsp3) is 0.385. The summed E-state index contributed by atoms with van der Waals surface area (Å²) in [5.41, 5.74) is 1.24. The van der Waals surface area contributed by atoms with Crippen LogP contribution in [0.15, 0.2) is 40.6 Å². The number of nitrogens with one attached hydrogen (secondary N) is 1. The molecule has 0 aromatic carbocycles. The smallest absolute Gasteiger partial charge is 0.105 e. The predicted octanol–water partition coefficient (Wildman–Crippen LogP) is 2.47. The van der Waals surface area contributed by atoms with Gasteiger partial charge in [-0.25, -0.2) is 4.98 Å². The molecule has 5 heteroatoms. The number of hydrogen-bond acceptors (Lipinski definition) is 4. The Hall–Kier alpha value is -1.33. The van der Waals surface area contributed by atoms with E-state index in [1.165, 1.54) is 5.56 Å². The first-order valence-corrected chi connectivity index (χ1v) is 6.92. The molecule has 18 heavy (non-hydrogen) atoms. The number of nitrogens with zero attached hydrogens (tertiary/aromatic N) is 3. The van der Waals surface area contributed by atoms with E-state index in [2.05, 4.69) is 28.4 Å². The van der Waals surface area contributed by atoms with Crippen molar-refractivity contribution in [2.24, 2.45) is 7.05 Å². The fourth-order valence-corrected chi connectivity index (χ4v) is 2.53. The minimum absolute atomic E-state index is 0.865. The lowest BCUT2D eigenvalue weighted by molar-refractivity contribution is 0.665. The summed E-state index contributed by atoms with van der Waals surface area (Å²) in [5.74, 6) is 0. The van der Waals surface area contributed by atoms with Crippen LogP contribution < -0.4 is 5.32 Å². The van der Waals surface area contributed by atoms with Crippen LogP contribution >= 0.6 is 11.8 Å². The van der Waals surface area contributed by atoms with Gasteiger partial charge in [-0.15, -0.1) is 0 Å². The molecule has 1 N–H and O–H groups in total. The van der Waals surface area contributed by atoms with Gasteiger partial charge in [0.1, 0.15) is 5.03 Å². The third kappa shape index (κ3) is 3.58. The standard InChI is InChI=1S/C13H18N4S/c1-3-6-14-8-11-5-4-7-15-13(11)18-12-9-16-17(2)10-12/h4-5,7,9-10,14H,3,6,8H2,1-2H3. The van der Waals surface area contributed by atoms with Gasteiger partial charge in [0.15, 0.2) is 0 Å². The molecule has 0 aliphatic rings. The van der Waals surface area contributed by atoms with Gasteiger partial charge in [-0.1, -0.05) is 24.8 Å². The van der Waals surface area contributed by atoms with Gasteiger partial charge in [-0.05, 0) is 24.6 Å². The van der Waals surface area contributed by atoms with E-state index in [1.54, 1.807) is 16.4 Å². The van der Waals surface area contributed by atoms with Crippen LogP contribution in [0.3, 0.4) is 0 Å². The molecule has 0 aliphatic heterocycles. The third-order valence-electron chi connectivity index (χ3n) is 2.49. The van der Waals surface area contributed by atoms with E-state index in [0.717, 1.165) is 29.4 Å². The number of pyridine rings is 1. The van der Waals surface area contributed by atoms with Crippen molar-refractivity contribution in [1.82, 2.24) is 20.1 Å². The Kier molecular flexibility index (Phi) is 4.78. The monoisotopic (exact) mass is 262 g/mol. The summed E-state index contributed by atoms with van der Waals surface area (Å²) in [6, 6.07) is 4.10. The van der Waals surface area contributed by atoms with Gasteiger partial charge in [0.05, 0.1) is 11.1 Å². The molecule has 0 atom stereocenters. The number of aromatic nitrogens is 3. The Labute approximate surface area is 112 Å². The van der Waals surface area contributed by atoms with Gasteiger partial charge >= 0.3 is 0 Å². The van der Waals surface area contributed by atoms with Crippen LogP contribution in [0.1, 0.15) is 18.9 Å². The van der Waals surface area contributed by atoms with E-state index in [1.807, 2.05) is 31.7 Å². The van der Waals surface area contributed by atoms with Crippen LogP contribution in [0.4, 0.5) is 0 Å². The second kappa shape index (κ2) is 6.56. The fourth-order valence-electron chi connectivity index (χ4n) is 1.61. The average molecular weight is 262 g/mol. The summed E-state index contributed by atoms with van der Waals surface area (Å²) in [6.07, 6.45) is 6.85. The Balaban J connectivity index is 2.07. The van der Waals surface area contributed by atoms with E-state index in [-0.39, 0.29) is 0 Å². The van der Waals surface area contributed by atoms with Gasteiger partial charge in [0.2, 0.25) is 0 Å². The molecule has 0 saturated heterocycles. The summed E-state index contributed by atoms with van der Waals surface area (Å²) in [7, 11) is 1.92. The van der Waals surface area contributed by atoms with E-state index < -0.39 is 0 Å². The van der Waals surface area contributed by atoms with E-state index in [0.29, 0.717) is 0 Å². The minimum Gasteiger partial charge on any atom is -0.313 e. The number of aryl methyl sites for hydroxylation is 1. The molecule has 0 spiro atoms. The second-order valence-corrected chi connectivity index (χ2v) is 5.16. The first-order valence-electron chi connectivity index (χ1n) is 6.10. The molecule has 0 saturated carbocycles. The molecule has 0 fully saturated rings. The maximum Gasteiger partial charge on any atom is 0.105 e. The normalized spacial score (nSPS) is 10.8. The van der Waals surface area contributed by atoms with E-state index >= 15 is 0 Å². The highest BCUT2D eigenvalue weighted by Crippen LogP contribution is 2.27. The molecule has 96 valence electrons. The van der Waals surface area contributed by atoms with Gasteiger partial charge in [0.25, 0.3) is 0 Å². The predicted molar refractivity (Wildman–Crippen MR) is 73.6 cm³/mol. The van der Waals surface area contributed by atoms with E-state index in [9.17, 15) is 0 Å². The van der Waals surface area contributed by atoms with Gasteiger partial charge < -0.3 is 5.32 Å². The zero-order chi connectivity index (χ0) is 12.8. The van der Waals surface area contributed by atoms with Crippen molar-refractivity contribution in [3.63, 3.8) is 0 Å². The molecule has 0 aliphatic carbocycles. The maximum atomic E-state index is 4.45. The van der Waals surface area contributed by atoms with Gasteiger partial charge in [-0.2, -0.15) is 5.10 Å². The van der Waals surface area contributed by atoms with Gasteiger partial charge in [-0.3, -0.25) is 4.68 Å². The quantitative estimate of drug-likeness (QED) is 0.812. The third-order valence-corrected chi connectivity index (χ3v) is 3.50. The van der Waals surface area contributed by atoms with Crippen LogP contribution in [0.25, 0.3) is 0 Å². The summed E-state index contributed by atoms with van der Waals surface area (Å²) >= 11 is 1.66. The highest BCUT2D eigenvalue weighted by atomic mass is 32.2. The molecular formula is C13H18N4S. The lowest BCUT2D eigenvalue weighted by Gasteiger charge is -2.07. The molecule has 0 unspecified atom stereocenters. The average Bonchev–Trinajstić information content (AvgIpc) is 2.77. The molecular weight excluding hydrogens is 244 g/mol. The van der Waals surface area contributed by atoms with Crippen LogP contribution in [0.5, 0.6) is 0 Å². The van der Waals surface area contributed by atoms with Gasteiger partial charge in [0, 0.05) is 26.0 Å². The largest absolute Gasteiger partial charge is 0.313 e. The van der Waals surface area contributed by atoms with Crippen molar-refractivity contribution in [3.8, 4) is 0 Å². The van der Waals surface area contributed by atoms with Crippen molar-refractivity contribution in [2.75, 3.05) is 6.54 Å². The van der Waals surface area contributed by atoms with Crippen molar-refractivity contribution >= 4 is 11.8 Å². The SMILES string of the molecule is CCCNCc1cccnc1Sc1cnn(C)c1. The van der Waals surface area contributed by atoms with Crippen molar-refractivity contribution in [2.45, 2.75) is 29.8 Å². The molecule has 0 bridgehead atoms. The summed E-state index contributed by atoms with van der Waals surface area (Å²) in [5, 5.41) is 8.63. The number of hydrogen-bond donors (Lipinski definition) is 1. The molecule has 2 aromatic rings. The Morgan fingerprint density at radius 1 is 1.44 bits per heavy atom. The van der Waals surface area contributed by atoms with Crippen molar-refractivity contribution in [3.05, 3.63) is 36.3 Å². The van der Waals surface area contributed by atoms with E-state index in [4.69, 9.17) is 0 Å². The highest BCUT2D eigenvalue weighted by Gasteiger charge is 2.06. The van der Waals surface area contributed by atoms with Crippen LogP contribution in [0.2, 0.25) is 0 Å². The topological polar surface area (TPSA) is 42.7 Å². The summed E-state index contributed by atoms with van der Waals surface area (Å²) in [4.78, 5) is 5.57. The molecule has 2 rings (SSSR count). The number of rotatable bonds is 6. The van der Waals surface area contributed by atoms with Crippen molar-refractivity contribution < 1.29 is 0 Å². The summed E-state index contributed by atoms with van der Waals surface area (Å²) < 4.78 is 1.81. The zero-order valence-electron chi connectivity index (χ0n) is 10.8. The molecule has 0 amide bonds. The lowest BCUT2D eigenvalue weighted by Crippen LogP contribution is -2.14. The molecule has 4 nitrogen and oxygen atoms in total. The highest BCUT2D eigenvalue weighted by molar-refractivity contribution is 7.99. The molecule has 0 radical (unpaired) electrons.